The number of nitrogens with zero attached hydrogens (tertiary/aromatic N) is 3. The van der Waals surface area contributed by atoms with E-state index in [4.69, 9.17) is 5.11 Å². The minimum absolute atomic E-state index is 0.255. The number of fused-ring (bicyclic) bond motifs is 1. The molecule has 1 aliphatic rings. The summed E-state index contributed by atoms with van der Waals surface area (Å²) in [7, 11) is 0. The van der Waals surface area contributed by atoms with Crippen LogP contribution in [0, 0.1) is 0 Å². The third-order valence-electron chi connectivity index (χ3n) is 3.56. The number of rotatable bonds is 3. The highest BCUT2D eigenvalue weighted by Gasteiger charge is 2.17. The number of carboxylic acid groups (broad SMARTS) is 1. The molecule has 0 aromatic carbocycles. The number of carbonyl (C=O) groups is 1. The lowest BCUT2D eigenvalue weighted by atomic mass is 10.0. The third kappa shape index (κ3) is 2.44. The predicted molar refractivity (Wildman–Crippen MR) is 69.3 cm³/mol. The van der Waals surface area contributed by atoms with E-state index in [-0.39, 0.29) is 5.56 Å². The second-order valence-electron chi connectivity index (χ2n) is 4.92. The monoisotopic (exact) mass is 260 g/mol. The number of hydrogen-bond donors (Lipinski definition) is 2. The van der Waals surface area contributed by atoms with Crippen LogP contribution in [-0.4, -0.2) is 38.3 Å². The van der Waals surface area contributed by atoms with Crippen LogP contribution < -0.4 is 5.32 Å². The van der Waals surface area contributed by atoms with Crippen LogP contribution in [0.2, 0.25) is 0 Å². The zero-order valence-corrected chi connectivity index (χ0v) is 10.5. The van der Waals surface area contributed by atoms with Gasteiger partial charge < -0.3 is 10.4 Å². The van der Waals surface area contributed by atoms with Crippen LogP contribution in [0.4, 0.5) is 0 Å². The van der Waals surface area contributed by atoms with Gasteiger partial charge in [-0.05, 0) is 31.5 Å². The fourth-order valence-corrected chi connectivity index (χ4v) is 2.52. The highest BCUT2D eigenvalue weighted by molar-refractivity contribution is 5.87. The molecule has 0 aliphatic carbocycles. The molecule has 2 aromatic rings. The molecule has 1 fully saturated rings. The van der Waals surface area contributed by atoms with Crippen molar-refractivity contribution in [3.05, 3.63) is 29.7 Å². The number of carboxylic acids is 1. The first-order valence-corrected chi connectivity index (χ1v) is 6.54. The second-order valence-corrected chi connectivity index (χ2v) is 4.92. The zero-order chi connectivity index (χ0) is 13.2. The molecule has 19 heavy (non-hydrogen) atoms. The van der Waals surface area contributed by atoms with E-state index in [9.17, 15) is 4.79 Å². The first-order valence-electron chi connectivity index (χ1n) is 6.54. The summed E-state index contributed by atoms with van der Waals surface area (Å²) in [6.45, 7) is 1.04. The topological polar surface area (TPSA) is 79.5 Å². The molecular formula is C13H16N4O2. The lowest BCUT2D eigenvalue weighted by Crippen LogP contribution is -2.36. The normalized spacial score (nSPS) is 19.7. The fourth-order valence-electron chi connectivity index (χ4n) is 2.52. The van der Waals surface area contributed by atoms with E-state index < -0.39 is 5.97 Å². The fraction of sp³-hybridized carbons (Fsp3) is 0.462. The summed E-state index contributed by atoms with van der Waals surface area (Å²) in [5, 5.41) is 20.7. The van der Waals surface area contributed by atoms with E-state index >= 15 is 0 Å². The molecular weight excluding hydrogens is 244 g/mol. The maximum absolute atomic E-state index is 11.0. The van der Waals surface area contributed by atoms with Crippen molar-refractivity contribution in [3.8, 4) is 0 Å². The van der Waals surface area contributed by atoms with Crippen LogP contribution in [0.5, 0.6) is 0 Å². The molecule has 0 amide bonds. The Balaban J connectivity index is 1.89. The van der Waals surface area contributed by atoms with Crippen molar-refractivity contribution in [2.24, 2.45) is 0 Å². The zero-order valence-electron chi connectivity index (χ0n) is 10.5. The number of pyridine rings is 1. The first kappa shape index (κ1) is 12.1. The van der Waals surface area contributed by atoms with Gasteiger partial charge in [-0.2, -0.15) is 0 Å². The van der Waals surface area contributed by atoms with E-state index in [1.165, 1.54) is 12.8 Å². The maximum Gasteiger partial charge on any atom is 0.337 e. The van der Waals surface area contributed by atoms with E-state index in [2.05, 4.69) is 15.5 Å². The number of piperidine rings is 1. The van der Waals surface area contributed by atoms with Gasteiger partial charge in [0.1, 0.15) is 5.82 Å². The Morgan fingerprint density at radius 3 is 3.05 bits per heavy atom. The van der Waals surface area contributed by atoms with Gasteiger partial charge in [0.15, 0.2) is 5.65 Å². The molecule has 0 saturated carbocycles. The molecule has 100 valence electrons. The molecule has 3 heterocycles. The molecule has 6 nitrogen and oxygen atoms in total. The van der Waals surface area contributed by atoms with Gasteiger partial charge in [0.25, 0.3) is 0 Å². The van der Waals surface area contributed by atoms with Crippen molar-refractivity contribution in [2.45, 2.75) is 31.7 Å². The Hall–Kier alpha value is -1.95. The lowest BCUT2D eigenvalue weighted by Gasteiger charge is -2.22. The van der Waals surface area contributed by atoms with Crippen molar-refractivity contribution in [1.29, 1.82) is 0 Å². The van der Waals surface area contributed by atoms with E-state index in [1.54, 1.807) is 22.7 Å². The summed E-state index contributed by atoms with van der Waals surface area (Å²) >= 11 is 0. The minimum atomic E-state index is -0.933. The first-order chi connectivity index (χ1) is 9.24. The predicted octanol–water partition coefficient (Wildman–Crippen LogP) is 1.11. The minimum Gasteiger partial charge on any atom is -0.478 e. The molecule has 1 aliphatic heterocycles. The summed E-state index contributed by atoms with van der Waals surface area (Å²) in [4.78, 5) is 11.0. The van der Waals surface area contributed by atoms with Crippen molar-refractivity contribution < 1.29 is 9.90 Å². The molecule has 0 spiro atoms. The van der Waals surface area contributed by atoms with E-state index in [0.717, 1.165) is 25.2 Å². The van der Waals surface area contributed by atoms with Gasteiger partial charge in [0, 0.05) is 18.7 Å². The molecule has 0 bridgehead atoms. The van der Waals surface area contributed by atoms with Crippen LogP contribution in [0.25, 0.3) is 5.65 Å². The van der Waals surface area contributed by atoms with Crippen LogP contribution >= 0.6 is 0 Å². The van der Waals surface area contributed by atoms with Crippen molar-refractivity contribution in [3.63, 3.8) is 0 Å². The number of nitrogens with one attached hydrogen (secondary N) is 1. The molecule has 1 atom stereocenters. The molecule has 2 N–H and O–H groups in total. The molecule has 1 saturated heterocycles. The van der Waals surface area contributed by atoms with Crippen LogP contribution in [0.3, 0.4) is 0 Å². The van der Waals surface area contributed by atoms with Gasteiger partial charge in [-0.15, -0.1) is 10.2 Å². The smallest absolute Gasteiger partial charge is 0.337 e. The molecule has 3 rings (SSSR count). The van der Waals surface area contributed by atoms with Gasteiger partial charge in [-0.25, -0.2) is 4.79 Å². The second kappa shape index (κ2) is 4.97. The van der Waals surface area contributed by atoms with Gasteiger partial charge in [-0.3, -0.25) is 4.40 Å². The maximum atomic E-state index is 11.0. The molecule has 2 aromatic heterocycles. The Labute approximate surface area is 110 Å². The third-order valence-corrected chi connectivity index (χ3v) is 3.56. The average molecular weight is 260 g/mol. The highest BCUT2D eigenvalue weighted by atomic mass is 16.4. The Morgan fingerprint density at radius 1 is 1.42 bits per heavy atom. The van der Waals surface area contributed by atoms with Crippen LogP contribution in [-0.2, 0) is 6.42 Å². The van der Waals surface area contributed by atoms with Gasteiger partial charge in [-0.1, -0.05) is 6.42 Å². The summed E-state index contributed by atoms with van der Waals surface area (Å²) in [5.41, 5.74) is 0.945. The van der Waals surface area contributed by atoms with Gasteiger partial charge in [0.05, 0.1) is 5.56 Å². The SMILES string of the molecule is O=C(O)c1ccc2nnc(CC3CCCCN3)n2c1. The van der Waals surface area contributed by atoms with E-state index in [0.29, 0.717) is 11.7 Å². The Morgan fingerprint density at radius 2 is 2.32 bits per heavy atom. The Bertz CT molecular complexity index is 602. The number of hydrogen-bond acceptors (Lipinski definition) is 4. The van der Waals surface area contributed by atoms with Crippen LogP contribution in [0.1, 0.15) is 35.4 Å². The summed E-state index contributed by atoms with van der Waals surface area (Å²) in [6, 6.07) is 3.65. The van der Waals surface area contributed by atoms with Gasteiger partial charge >= 0.3 is 5.97 Å². The summed E-state index contributed by atoms with van der Waals surface area (Å²) in [5.74, 6) is -0.116. The van der Waals surface area contributed by atoms with E-state index in [1.807, 2.05) is 0 Å². The van der Waals surface area contributed by atoms with Gasteiger partial charge in [0.2, 0.25) is 0 Å². The largest absolute Gasteiger partial charge is 0.478 e. The highest BCUT2D eigenvalue weighted by Crippen LogP contribution is 2.13. The summed E-state index contributed by atoms with van der Waals surface area (Å²) in [6.07, 6.45) is 5.96. The average Bonchev–Trinajstić information content (AvgIpc) is 2.82. The molecule has 6 heteroatoms. The number of aromatic carboxylic acids is 1. The Kier molecular flexibility index (Phi) is 3.16. The standard InChI is InChI=1S/C13H16N4O2/c18-13(19)9-4-5-11-15-16-12(17(11)8-9)7-10-3-1-2-6-14-10/h4-5,8,10,14H,1-3,6-7H2,(H,18,19). The summed E-state index contributed by atoms with van der Waals surface area (Å²) < 4.78 is 1.78. The van der Waals surface area contributed by atoms with Crippen molar-refractivity contribution in [1.82, 2.24) is 19.9 Å². The lowest BCUT2D eigenvalue weighted by molar-refractivity contribution is 0.0696. The van der Waals surface area contributed by atoms with Crippen molar-refractivity contribution >= 4 is 11.6 Å². The molecule has 0 radical (unpaired) electrons. The quantitative estimate of drug-likeness (QED) is 0.864. The van der Waals surface area contributed by atoms with Crippen LogP contribution in [0.15, 0.2) is 18.3 Å². The number of aromatic nitrogens is 3. The molecule has 1 unspecified atom stereocenters. The van der Waals surface area contributed by atoms with Crippen molar-refractivity contribution in [2.75, 3.05) is 6.54 Å².